The zero-order valence-corrected chi connectivity index (χ0v) is 14.2. The van der Waals surface area contributed by atoms with Gasteiger partial charge < -0.3 is 19.6 Å². The molecule has 0 fully saturated rings. The van der Waals surface area contributed by atoms with E-state index in [2.05, 4.69) is 16.9 Å². The maximum atomic E-state index is 12.4. The number of anilines is 2. The summed E-state index contributed by atoms with van der Waals surface area (Å²) in [5, 5.41) is 2.80. The van der Waals surface area contributed by atoms with E-state index in [-0.39, 0.29) is 16.7 Å². The molecule has 0 aliphatic carbocycles. The van der Waals surface area contributed by atoms with Crippen LogP contribution in [0.15, 0.2) is 59.5 Å². The molecule has 126 valence electrons. The van der Waals surface area contributed by atoms with Crippen LogP contribution < -0.4 is 10.2 Å². The van der Waals surface area contributed by atoms with Crippen LogP contribution in [0, 0.1) is 4.84 Å². The number of likely N-dealkylation sites (N-methyl/N-ethyl adjacent to an activating group) is 1. The summed E-state index contributed by atoms with van der Waals surface area (Å²) in [6.07, 6.45) is 1.23. The van der Waals surface area contributed by atoms with Crippen LogP contribution in [0.4, 0.5) is 11.4 Å². The summed E-state index contributed by atoms with van der Waals surface area (Å²) in [5.41, 5.74) is 3.08. The average molecular weight is 353 g/mol. The summed E-state index contributed by atoms with van der Waals surface area (Å²) in [7, 11) is 1.64. The van der Waals surface area contributed by atoms with Crippen LogP contribution in [0.1, 0.15) is 10.4 Å². The summed E-state index contributed by atoms with van der Waals surface area (Å²) in [4.78, 5) is 28.6. The molecule has 7 heteroatoms. The molecule has 1 heterocycles. The molecule has 0 aliphatic heterocycles. The van der Waals surface area contributed by atoms with Gasteiger partial charge in [0.15, 0.2) is 5.58 Å². The predicted molar refractivity (Wildman–Crippen MR) is 99.4 cm³/mol. The van der Waals surface area contributed by atoms with Gasteiger partial charge in [-0.1, -0.05) is 6.58 Å². The molecule has 0 spiro atoms. The molecule has 1 aromatic heterocycles. The van der Waals surface area contributed by atoms with Crippen LogP contribution in [0.3, 0.4) is 0 Å². The number of aromatic amines is 1. The normalized spacial score (nSPS) is 10.4. The molecule has 3 aromatic rings. The zero-order valence-electron chi connectivity index (χ0n) is 13.4. The van der Waals surface area contributed by atoms with Gasteiger partial charge in [0.25, 0.3) is 10.7 Å². The number of rotatable bonds is 4. The second kappa shape index (κ2) is 6.74. The number of nitrogens with zero attached hydrogens (tertiary/aromatic N) is 1. The maximum Gasteiger partial charge on any atom is 0.266 e. The Labute approximate surface area is 148 Å². The highest BCUT2D eigenvalue weighted by Gasteiger charge is 2.10. The largest absolute Gasteiger partial charge is 0.429 e. The summed E-state index contributed by atoms with van der Waals surface area (Å²) in [6.45, 7) is 3.45. The van der Waals surface area contributed by atoms with Crippen LogP contribution in [0.2, 0.25) is 0 Å². The van der Waals surface area contributed by atoms with Gasteiger partial charge in [-0.05, 0) is 54.7 Å². The summed E-state index contributed by atoms with van der Waals surface area (Å²) in [5.74, 6) is -0.486. The Morgan fingerprint density at radius 2 is 1.96 bits per heavy atom. The van der Waals surface area contributed by atoms with E-state index < -0.39 is 0 Å². The molecule has 0 saturated carbocycles. The minimum absolute atomic E-state index is 0.220. The number of aromatic nitrogens is 1. The highest BCUT2D eigenvalue weighted by Crippen LogP contribution is 2.20. The van der Waals surface area contributed by atoms with Gasteiger partial charge in [0.2, 0.25) is 5.91 Å². The van der Waals surface area contributed by atoms with Crippen molar-refractivity contribution in [3.63, 3.8) is 0 Å². The van der Waals surface area contributed by atoms with Crippen molar-refractivity contribution >= 4 is 46.5 Å². The fraction of sp³-hybridized carbons (Fsp3) is 0.0556. The lowest BCUT2D eigenvalue weighted by molar-refractivity contribution is -0.113. The van der Waals surface area contributed by atoms with E-state index >= 15 is 0 Å². The van der Waals surface area contributed by atoms with Gasteiger partial charge in [-0.3, -0.25) is 9.59 Å². The highest BCUT2D eigenvalue weighted by atomic mass is 32.1. The van der Waals surface area contributed by atoms with E-state index in [0.29, 0.717) is 22.5 Å². The van der Waals surface area contributed by atoms with Crippen LogP contribution >= 0.6 is 12.2 Å². The number of oxazole rings is 1. The van der Waals surface area contributed by atoms with Crippen LogP contribution in [-0.4, -0.2) is 23.8 Å². The number of hydrogen-bond donors (Lipinski definition) is 2. The van der Waals surface area contributed by atoms with Crippen molar-refractivity contribution < 1.29 is 14.0 Å². The third-order valence-electron chi connectivity index (χ3n) is 3.70. The number of H-pyrrole nitrogens is 1. The third kappa shape index (κ3) is 3.51. The molecule has 0 unspecified atom stereocenters. The first-order chi connectivity index (χ1) is 12.0. The fourth-order valence-corrected chi connectivity index (χ4v) is 2.53. The number of amides is 2. The van der Waals surface area contributed by atoms with Crippen LogP contribution in [0.5, 0.6) is 0 Å². The lowest BCUT2D eigenvalue weighted by atomic mass is 10.1. The molecule has 0 bridgehead atoms. The first-order valence-corrected chi connectivity index (χ1v) is 7.83. The molecule has 0 atom stereocenters. The first kappa shape index (κ1) is 16.7. The quantitative estimate of drug-likeness (QED) is 0.551. The van der Waals surface area contributed by atoms with Crippen LogP contribution in [0.25, 0.3) is 11.1 Å². The number of benzene rings is 2. The van der Waals surface area contributed by atoms with Crippen molar-refractivity contribution in [1.29, 1.82) is 0 Å². The standard InChI is InChI=1S/C18H15N3O3S/c1-3-16(22)21(2)13-7-4-11(5-8-13)17(23)19-12-6-9-14-15(10-12)24-18(25)20-14/h3-10H,1H2,2H3,(H,19,23)(H,20,25). The van der Waals surface area contributed by atoms with Crippen LogP contribution in [-0.2, 0) is 4.79 Å². The molecule has 25 heavy (non-hydrogen) atoms. The Hall–Kier alpha value is -3.19. The molecular formula is C18H15N3O3S. The average Bonchev–Trinajstić information content (AvgIpc) is 2.99. The van der Waals surface area contributed by atoms with E-state index in [0.717, 1.165) is 5.52 Å². The Balaban J connectivity index is 1.76. The number of hydrogen-bond acceptors (Lipinski definition) is 4. The van der Waals surface area contributed by atoms with E-state index in [1.54, 1.807) is 49.5 Å². The first-order valence-electron chi connectivity index (χ1n) is 7.42. The molecule has 0 radical (unpaired) electrons. The summed E-state index contributed by atoms with van der Waals surface area (Å²) < 4.78 is 5.33. The van der Waals surface area contributed by atoms with Gasteiger partial charge in [0, 0.05) is 30.1 Å². The predicted octanol–water partition coefficient (Wildman–Crippen LogP) is 3.89. The van der Waals surface area contributed by atoms with Crippen molar-refractivity contribution in [1.82, 2.24) is 4.98 Å². The van der Waals surface area contributed by atoms with Gasteiger partial charge in [-0.25, -0.2) is 0 Å². The Morgan fingerprint density at radius 1 is 1.24 bits per heavy atom. The second-order valence-electron chi connectivity index (χ2n) is 5.33. The molecule has 2 amide bonds. The fourth-order valence-electron chi connectivity index (χ4n) is 2.33. The monoisotopic (exact) mass is 353 g/mol. The van der Waals surface area contributed by atoms with Gasteiger partial charge in [0.1, 0.15) is 0 Å². The molecule has 0 aliphatic rings. The highest BCUT2D eigenvalue weighted by molar-refractivity contribution is 7.71. The van der Waals surface area contributed by atoms with Crippen molar-refractivity contribution in [2.75, 3.05) is 17.3 Å². The third-order valence-corrected chi connectivity index (χ3v) is 3.89. The Kier molecular flexibility index (Phi) is 4.49. The Bertz CT molecular complexity index is 1020. The topological polar surface area (TPSA) is 78.3 Å². The Morgan fingerprint density at radius 3 is 2.64 bits per heavy atom. The molecule has 3 rings (SSSR count). The molecular weight excluding hydrogens is 338 g/mol. The molecule has 6 nitrogen and oxygen atoms in total. The van der Waals surface area contributed by atoms with Crippen molar-refractivity contribution in [3.05, 3.63) is 65.5 Å². The SMILES string of the molecule is C=CC(=O)N(C)c1ccc(C(=O)Nc2ccc3[nH]c(=S)oc3c2)cc1. The summed E-state index contributed by atoms with van der Waals surface area (Å²) >= 11 is 4.94. The van der Waals surface area contributed by atoms with Crippen molar-refractivity contribution in [2.45, 2.75) is 0 Å². The van der Waals surface area contributed by atoms with E-state index in [9.17, 15) is 9.59 Å². The van der Waals surface area contributed by atoms with Gasteiger partial charge in [0.05, 0.1) is 5.52 Å². The minimum atomic E-state index is -0.266. The van der Waals surface area contributed by atoms with E-state index in [1.165, 1.54) is 11.0 Å². The van der Waals surface area contributed by atoms with E-state index in [4.69, 9.17) is 16.6 Å². The minimum Gasteiger partial charge on any atom is -0.429 e. The maximum absolute atomic E-state index is 12.4. The molecule has 2 aromatic carbocycles. The molecule has 0 saturated heterocycles. The van der Waals surface area contributed by atoms with Gasteiger partial charge in [-0.2, -0.15) is 0 Å². The van der Waals surface area contributed by atoms with Gasteiger partial charge >= 0.3 is 0 Å². The van der Waals surface area contributed by atoms with Crippen molar-refractivity contribution in [3.8, 4) is 0 Å². The summed E-state index contributed by atoms with van der Waals surface area (Å²) in [6, 6.07) is 11.9. The smallest absolute Gasteiger partial charge is 0.266 e. The lowest BCUT2D eigenvalue weighted by Crippen LogP contribution is -2.23. The second-order valence-corrected chi connectivity index (χ2v) is 5.70. The number of fused-ring (bicyclic) bond motifs is 1. The van der Waals surface area contributed by atoms with Crippen molar-refractivity contribution in [2.24, 2.45) is 0 Å². The number of carbonyl (C=O) groups is 2. The number of nitrogens with one attached hydrogen (secondary N) is 2. The zero-order chi connectivity index (χ0) is 18.0. The van der Waals surface area contributed by atoms with E-state index in [1.807, 2.05) is 0 Å². The number of carbonyl (C=O) groups excluding carboxylic acids is 2. The van der Waals surface area contributed by atoms with Gasteiger partial charge in [-0.15, -0.1) is 0 Å². The molecule has 2 N–H and O–H groups in total. The lowest BCUT2D eigenvalue weighted by Gasteiger charge is -2.15.